The second-order valence-electron chi connectivity index (χ2n) is 14.4. The van der Waals surface area contributed by atoms with Crippen LogP contribution in [0.15, 0.2) is 12.4 Å². The molecule has 1 unspecified atom stereocenters. The molecule has 0 N–H and O–H groups in total. The number of hydrogen-bond acceptors (Lipinski definition) is 2. The number of unbranched alkanes of at least 4 members (excludes halogenated alkanes) is 31. The van der Waals surface area contributed by atoms with Gasteiger partial charge in [-0.2, -0.15) is 0 Å². The number of nitrogens with zero attached hydrogens (tertiary/aromatic N) is 2. The molecule has 0 aliphatic carbocycles. The molecule has 0 fully saturated rings. The highest BCUT2D eigenvalue weighted by Crippen LogP contribution is 2.22. The highest BCUT2D eigenvalue weighted by molar-refractivity contribution is 4.95. The summed E-state index contributed by atoms with van der Waals surface area (Å²) < 4.78 is 0. The fraction of sp³-hybridized carbons (Fsp3) is 0.951. The first-order valence-corrected chi connectivity index (χ1v) is 20.5. The largest absolute Gasteiger partial charge is 0.359 e. The van der Waals surface area contributed by atoms with Gasteiger partial charge in [0.1, 0.15) is 6.17 Å². The van der Waals surface area contributed by atoms with Crippen molar-refractivity contribution >= 4 is 0 Å². The molecule has 0 spiro atoms. The second kappa shape index (κ2) is 32.7. The minimum Gasteiger partial charge on any atom is -0.359 e. The molecular formula is C41H82N2. The highest BCUT2D eigenvalue weighted by Gasteiger charge is 2.22. The van der Waals surface area contributed by atoms with Crippen LogP contribution in [0.2, 0.25) is 0 Å². The Morgan fingerprint density at radius 1 is 0.349 bits per heavy atom. The van der Waals surface area contributed by atoms with Crippen LogP contribution in [0.1, 0.15) is 232 Å². The lowest BCUT2D eigenvalue weighted by Crippen LogP contribution is -2.37. The Balaban J connectivity index is 1.84. The average molecular weight is 603 g/mol. The van der Waals surface area contributed by atoms with Crippen molar-refractivity contribution in [1.82, 2.24) is 9.80 Å². The van der Waals surface area contributed by atoms with Crippen LogP contribution in [0.5, 0.6) is 0 Å². The van der Waals surface area contributed by atoms with E-state index in [1.54, 1.807) is 0 Å². The molecule has 1 atom stereocenters. The molecule has 256 valence electrons. The first-order valence-electron chi connectivity index (χ1n) is 20.5. The van der Waals surface area contributed by atoms with Gasteiger partial charge >= 0.3 is 0 Å². The fourth-order valence-corrected chi connectivity index (χ4v) is 7.11. The summed E-state index contributed by atoms with van der Waals surface area (Å²) >= 11 is 0. The molecule has 2 nitrogen and oxygen atoms in total. The third-order valence-electron chi connectivity index (χ3n) is 10.2. The predicted molar refractivity (Wildman–Crippen MR) is 196 cm³/mol. The van der Waals surface area contributed by atoms with Crippen molar-refractivity contribution in [1.29, 1.82) is 0 Å². The zero-order valence-electron chi connectivity index (χ0n) is 30.4. The third-order valence-corrected chi connectivity index (χ3v) is 10.2. The van der Waals surface area contributed by atoms with Crippen LogP contribution >= 0.6 is 0 Å². The Morgan fingerprint density at radius 3 is 0.953 bits per heavy atom. The summed E-state index contributed by atoms with van der Waals surface area (Å²) in [5.74, 6) is 0. The molecule has 2 heteroatoms. The number of rotatable bonds is 35. The quantitative estimate of drug-likeness (QED) is 0.0666. The minimum absolute atomic E-state index is 0.618. The van der Waals surface area contributed by atoms with Crippen molar-refractivity contribution in [3.05, 3.63) is 12.4 Å². The topological polar surface area (TPSA) is 6.48 Å². The summed E-state index contributed by atoms with van der Waals surface area (Å²) in [6, 6.07) is 0. The molecule has 0 amide bonds. The van der Waals surface area contributed by atoms with Crippen LogP contribution in [0.3, 0.4) is 0 Å². The second-order valence-corrected chi connectivity index (χ2v) is 14.4. The van der Waals surface area contributed by atoms with Crippen LogP contribution in [0.25, 0.3) is 0 Å². The first kappa shape index (κ1) is 40.4. The van der Waals surface area contributed by atoms with Crippen molar-refractivity contribution in [3.8, 4) is 0 Å². The maximum absolute atomic E-state index is 2.64. The molecule has 0 aromatic rings. The smallest absolute Gasteiger partial charge is 0.100 e. The summed E-state index contributed by atoms with van der Waals surface area (Å²) in [6.07, 6.45) is 54.6. The van der Waals surface area contributed by atoms with E-state index < -0.39 is 0 Å². The minimum atomic E-state index is 0.618. The molecule has 0 bridgehead atoms. The molecule has 0 aromatic heterocycles. The van der Waals surface area contributed by atoms with Crippen molar-refractivity contribution < 1.29 is 0 Å². The van der Waals surface area contributed by atoms with Gasteiger partial charge in [-0.25, -0.2) is 0 Å². The maximum Gasteiger partial charge on any atom is 0.100 e. The van der Waals surface area contributed by atoms with E-state index in [-0.39, 0.29) is 0 Å². The molecule has 1 aliphatic rings. The normalized spacial score (nSPS) is 14.9. The molecule has 0 radical (unpaired) electrons. The Labute approximate surface area is 273 Å². The predicted octanol–water partition coefficient (Wildman–Crippen LogP) is 14.3. The summed E-state index contributed by atoms with van der Waals surface area (Å²) in [5.41, 5.74) is 0. The van der Waals surface area contributed by atoms with Crippen molar-refractivity contribution in [2.24, 2.45) is 0 Å². The summed E-state index contributed by atoms with van der Waals surface area (Å²) in [5, 5.41) is 0. The van der Waals surface area contributed by atoms with Crippen LogP contribution in [-0.4, -0.2) is 29.6 Å². The van der Waals surface area contributed by atoms with Crippen molar-refractivity contribution in [2.45, 2.75) is 238 Å². The lowest BCUT2D eigenvalue weighted by atomic mass is 10.0. The van der Waals surface area contributed by atoms with E-state index in [0.717, 1.165) is 0 Å². The van der Waals surface area contributed by atoms with Crippen LogP contribution in [-0.2, 0) is 0 Å². The van der Waals surface area contributed by atoms with Crippen LogP contribution < -0.4 is 0 Å². The van der Waals surface area contributed by atoms with Gasteiger partial charge < -0.3 is 9.80 Å². The summed E-state index contributed by atoms with van der Waals surface area (Å²) in [4.78, 5) is 5.09. The van der Waals surface area contributed by atoms with Gasteiger partial charge in [-0.15, -0.1) is 0 Å². The third kappa shape index (κ3) is 26.3. The van der Waals surface area contributed by atoms with Gasteiger partial charge in [0.25, 0.3) is 0 Å². The standard InChI is InChI=1S/C41H82N2/c1-4-6-8-10-12-14-16-18-20-22-24-26-28-30-32-34-36-38-43-40-39-42(3)41(43)37-35-33-31-29-27-25-23-21-19-17-15-13-11-9-7-5-2/h39-41H,4-38H2,1-3H3. The van der Waals surface area contributed by atoms with Gasteiger partial charge in [-0.05, 0) is 19.3 Å². The van der Waals surface area contributed by atoms with Gasteiger partial charge in [0.15, 0.2) is 0 Å². The molecule has 0 aromatic carbocycles. The Bertz CT molecular complexity index is 558. The average Bonchev–Trinajstić information content (AvgIpc) is 3.37. The van der Waals surface area contributed by atoms with E-state index in [0.29, 0.717) is 6.17 Å². The zero-order valence-corrected chi connectivity index (χ0v) is 30.4. The first-order chi connectivity index (χ1) is 21.3. The zero-order chi connectivity index (χ0) is 30.9. The van der Waals surface area contributed by atoms with Crippen molar-refractivity contribution in [3.63, 3.8) is 0 Å². The maximum atomic E-state index is 2.64. The molecule has 43 heavy (non-hydrogen) atoms. The van der Waals surface area contributed by atoms with Crippen LogP contribution in [0, 0.1) is 0 Å². The molecule has 0 saturated carbocycles. The van der Waals surface area contributed by atoms with Gasteiger partial charge in [-0.3, -0.25) is 0 Å². The lowest BCUT2D eigenvalue weighted by molar-refractivity contribution is 0.159. The van der Waals surface area contributed by atoms with E-state index in [2.05, 4.69) is 43.1 Å². The van der Waals surface area contributed by atoms with E-state index in [1.165, 1.54) is 225 Å². The summed E-state index contributed by atoms with van der Waals surface area (Å²) in [6.45, 7) is 5.87. The number of hydrogen-bond donors (Lipinski definition) is 0. The van der Waals surface area contributed by atoms with Crippen LogP contribution in [0.4, 0.5) is 0 Å². The van der Waals surface area contributed by atoms with E-state index in [4.69, 9.17) is 0 Å². The molecule has 1 aliphatic heterocycles. The molecule has 1 heterocycles. The van der Waals surface area contributed by atoms with E-state index >= 15 is 0 Å². The SMILES string of the molecule is CCCCCCCCCCCCCCCCCCCN1C=CN(C)C1CCCCCCCCCCCCCCCCCC. The van der Waals surface area contributed by atoms with Gasteiger partial charge in [0, 0.05) is 26.0 Å². The lowest BCUT2D eigenvalue weighted by Gasteiger charge is -2.30. The van der Waals surface area contributed by atoms with Gasteiger partial charge in [0.2, 0.25) is 0 Å². The van der Waals surface area contributed by atoms with Crippen molar-refractivity contribution in [2.75, 3.05) is 13.6 Å². The Kier molecular flexibility index (Phi) is 30.7. The molecule has 1 rings (SSSR count). The van der Waals surface area contributed by atoms with E-state index in [1.807, 2.05) is 0 Å². The Hall–Kier alpha value is -0.660. The highest BCUT2D eigenvalue weighted by atomic mass is 15.4. The van der Waals surface area contributed by atoms with E-state index in [9.17, 15) is 0 Å². The molecular weight excluding hydrogens is 520 g/mol. The monoisotopic (exact) mass is 603 g/mol. The van der Waals surface area contributed by atoms with Gasteiger partial charge in [0.05, 0.1) is 0 Å². The summed E-state index contributed by atoms with van der Waals surface area (Å²) in [7, 11) is 2.28. The molecule has 0 saturated heterocycles. The Morgan fingerprint density at radius 2 is 0.628 bits per heavy atom. The fourth-order valence-electron chi connectivity index (χ4n) is 7.11. The van der Waals surface area contributed by atoms with Gasteiger partial charge in [-0.1, -0.05) is 213 Å².